The van der Waals surface area contributed by atoms with Crippen LogP contribution in [0.4, 0.5) is 0 Å². The summed E-state index contributed by atoms with van der Waals surface area (Å²) in [6.45, 7) is 3.47. The summed E-state index contributed by atoms with van der Waals surface area (Å²) in [5.74, 6) is -3.26. The molecule has 0 saturated carbocycles. The van der Waals surface area contributed by atoms with Gasteiger partial charge in [0.2, 0.25) is 17.7 Å². The first-order chi connectivity index (χ1) is 14.1. The van der Waals surface area contributed by atoms with Crippen molar-refractivity contribution in [3.05, 3.63) is 0 Å². The van der Waals surface area contributed by atoms with Crippen molar-refractivity contribution >= 4 is 36.3 Å². The molecule has 0 aliphatic carbocycles. The molecule has 9 N–H and O–H groups in total. The second-order valence-electron chi connectivity index (χ2n) is 7.41. The molecule has 0 bridgehead atoms. The van der Waals surface area contributed by atoms with E-state index >= 15 is 0 Å². The number of amides is 3. The predicted octanol–water partition coefficient (Wildman–Crippen LogP) is -2.05. The summed E-state index contributed by atoms with van der Waals surface area (Å²) < 4.78 is 0. The van der Waals surface area contributed by atoms with Crippen LogP contribution < -0.4 is 27.4 Å². The highest BCUT2D eigenvalue weighted by Gasteiger charge is 2.29. The van der Waals surface area contributed by atoms with Gasteiger partial charge in [-0.2, -0.15) is 12.6 Å². The fraction of sp³-hybridized carbons (Fsp3) is 0.778. The van der Waals surface area contributed by atoms with Crippen LogP contribution in [0.25, 0.3) is 0 Å². The minimum Gasteiger partial charge on any atom is -0.480 e. The van der Waals surface area contributed by atoms with Crippen LogP contribution in [0.3, 0.4) is 0 Å². The molecule has 0 radical (unpaired) electrons. The molecule has 0 fully saturated rings. The fourth-order valence-corrected chi connectivity index (χ4v) is 2.81. The molecule has 0 heterocycles. The minimum absolute atomic E-state index is 0.0355. The SMILES string of the molecule is CC(C)CC(NC(=O)C(CS)NC(=O)C(CCCCN)NC(=O)C(N)CO)C(=O)O. The molecule has 0 spiro atoms. The van der Waals surface area contributed by atoms with Crippen molar-refractivity contribution in [1.82, 2.24) is 16.0 Å². The molecule has 0 aromatic carbocycles. The number of aliphatic carboxylic acids is 1. The maximum Gasteiger partial charge on any atom is 0.326 e. The normalized spacial score (nSPS) is 15.0. The first-order valence-corrected chi connectivity index (χ1v) is 10.5. The standard InChI is InChI=1S/C18H35N5O6S/c1-10(2)7-13(18(28)29)22-17(27)14(9-30)23-16(26)12(5-3-4-6-19)21-15(25)11(20)8-24/h10-14,24,30H,3-9,19-20H2,1-2H3,(H,21,25)(H,22,27)(H,23,26)(H,28,29). The Labute approximate surface area is 182 Å². The molecule has 0 saturated heterocycles. The van der Waals surface area contributed by atoms with Crippen molar-refractivity contribution in [2.24, 2.45) is 17.4 Å². The molecule has 3 amide bonds. The number of aliphatic hydroxyl groups excluding tert-OH is 1. The third kappa shape index (κ3) is 10.8. The lowest BCUT2D eigenvalue weighted by molar-refractivity contribution is -0.142. The average Bonchev–Trinajstić information content (AvgIpc) is 2.69. The van der Waals surface area contributed by atoms with Gasteiger partial charge in [-0.15, -0.1) is 0 Å². The quantitative estimate of drug-likeness (QED) is 0.103. The molecule has 0 aliphatic heterocycles. The molecule has 0 aromatic rings. The summed E-state index contributed by atoms with van der Waals surface area (Å²) in [6, 6.07) is -4.39. The Morgan fingerprint density at radius 2 is 1.47 bits per heavy atom. The number of thiol groups is 1. The van der Waals surface area contributed by atoms with Gasteiger partial charge in [0.1, 0.15) is 24.2 Å². The van der Waals surface area contributed by atoms with Gasteiger partial charge in [-0.1, -0.05) is 13.8 Å². The largest absolute Gasteiger partial charge is 0.480 e. The number of carbonyl (C=O) groups excluding carboxylic acids is 3. The molecular formula is C18H35N5O6S. The molecule has 4 atom stereocenters. The topological polar surface area (TPSA) is 197 Å². The second-order valence-corrected chi connectivity index (χ2v) is 7.77. The van der Waals surface area contributed by atoms with Crippen LogP contribution in [0.5, 0.6) is 0 Å². The van der Waals surface area contributed by atoms with Crippen LogP contribution in [-0.2, 0) is 19.2 Å². The van der Waals surface area contributed by atoms with Crippen molar-refractivity contribution in [3.63, 3.8) is 0 Å². The zero-order valence-corrected chi connectivity index (χ0v) is 18.4. The molecule has 0 aromatic heterocycles. The van der Waals surface area contributed by atoms with E-state index in [0.717, 1.165) is 0 Å². The van der Waals surface area contributed by atoms with Crippen LogP contribution in [0.1, 0.15) is 39.5 Å². The lowest BCUT2D eigenvalue weighted by atomic mass is 10.0. The third-order valence-electron chi connectivity index (χ3n) is 4.25. The smallest absolute Gasteiger partial charge is 0.326 e. The van der Waals surface area contributed by atoms with Gasteiger partial charge in [0.05, 0.1) is 6.61 Å². The Balaban J connectivity index is 5.17. The van der Waals surface area contributed by atoms with E-state index in [1.807, 2.05) is 13.8 Å². The molecule has 0 rings (SSSR count). The number of carbonyl (C=O) groups is 4. The number of carboxylic acids is 1. The van der Waals surface area contributed by atoms with Crippen molar-refractivity contribution in [3.8, 4) is 0 Å². The molecular weight excluding hydrogens is 414 g/mol. The number of carboxylic acid groups (broad SMARTS) is 1. The van der Waals surface area contributed by atoms with Crippen LogP contribution in [0, 0.1) is 5.92 Å². The number of nitrogens with two attached hydrogens (primary N) is 2. The van der Waals surface area contributed by atoms with E-state index < -0.39 is 54.5 Å². The highest BCUT2D eigenvalue weighted by molar-refractivity contribution is 7.80. The van der Waals surface area contributed by atoms with E-state index in [2.05, 4.69) is 28.6 Å². The van der Waals surface area contributed by atoms with Gasteiger partial charge in [0, 0.05) is 5.75 Å². The Kier molecular flexibility index (Phi) is 14.0. The van der Waals surface area contributed by atoms with E-state index in [4.69, 9.17) is 16.6 Å². The van der Waals surface area contributed by atoms with E-state index in [1.165, 1.54) is 0 Å². The number of aliphatic hydroxyl groups is 1. The lowest BCUT2D eigenvalue weighted by Crippen LogP contribution is -2.58. The minimum atomic E-state index is -1.19. The number of nitrogens with one attached hydrogen (secondary N) is 3. The Bertz CT molecular complexity index is 577. The molecule has 0 aliphatic rings. The van der Waals surface area contributed by atoms with Gasteiger partial charge in [0.25, 0.3) is 0 Å². The molecule has 30 heavy (non-hydrogen) atoms. The lowest BCUT2D eigenvalue weighted by Gasteiger charge is -2.24. The predicted molar refractivity (Wildman–Crippen MR) is 115 cm³/mol. The van der Waals surface area contributed by atoms with Crippen LogP contribution in [0.2, 0.25) is 0 Å². The maximum atomic E-state index is 12.7. The summed E-state index contributed by atoms with van der Waals surface area (Å²) in [5.41, 5.74) is 10.9. The number of rotatable bonds is 15. The monoisotopic (exact) mass is 449 g/mol. The summed E-state index contributed by atoms with van der Waals surface area (Å²) in [7, 11) is 0. The highest BCUT2D eigenvalue weighted by Crippen LogP contribution is 2.06. The van der Waals surface area contributed by atoms with Gasteiger partial charge in [-0.3, -0.25) is 14.4 Å². The van der Waals surface area contributed by atoms with Gasteiger partial charge >= 0.3 is 5.97 Å². The Morgan fingerprint density at radius 3 is 1.93 bits per heavy atom. The number of hydrogen-bond acceptors (Lipinski definition) is 8. The maximum absolute atomic E-state index is 12.7. The Morgan fingerprint density at radius 1 is 0.933 bits per heavy atom. The van der Waals surface area contributed by atoms with Crippen LogP contribution in [-0.4, -0.2) is 77.0 Å². The van der Waals surface area contributed by atoms with E-state index in [-0.39, 0.29) is 24.5 Å². The first-order valence-electron chi connectivity index (χ1n) is 9.88. The van der Waals surface area contributed by atoms with E-state index in [1.54, 1.807) is 0 Å². The molecule has 12 heteroatoms. The van der Waals surface area contributed by atoms with Gasteiger partial charge in [-0.25, -0.2) is 4.79 Å². The zero-order chi connectivity index (χ0) is 23.3. The Hall–Kier alpha value is -1.89. The van der Waals surface area contributed by atoms with Crippen molar-refractivity contribution in [2.45, 2.75) is 63.7 Å². The summed E-state index contributed by atoms with van der Waals surface area (Å²) >= 11 is 4.07. The second kappa shape index (κ2) is 15.0. The average molecular weight is 450 g/mol. The van der Waals surface area contributed by atoms with E-state index in [9.17, 15) is 24.3 Å². The van der Waals surface area contributed by atoms with Crippen molar-refractivity contribution < 1.29 is 29.4 Å². The molecule has 174 valence electrons. The molecule has 11 nitrogen and oxygen atoms in total. The summed E-state index contributed by atoms with van der Waals surface area (Å²) in [4.78, 5) is 48.5. The zero-order valence-electron chi connectivity index (χ0n) is 17.5. The van der Waals surface area contributed by atoms with Gasteiger partial charge in [0.15, 0.2) is 0 Å². The summed E-state index contributed by atoms with van der Waals surface area (Å²) in [5, 5.41) is 25.6. The van der Waals surface area contributed by atoms with Crippen molar-refractivity contribution in [2.75, 3.05) is 18.9 Å². The number of unbranched alkanes of at least 4 members (excludes halogenated alkanes) is 1. The van der Waals surface area contributed by atoms with Crippen LogP contribution >= 0.6 is 12.6 Å². The van der Waals surface area contributed by atoms with Gasteiger partial charge in [-0.05, 0) is 38.1 Å². The summed E-state index contributed by atoms with van der Waals surface area (Å²) in [6.07, 6.45) is 1.64. The van der Waals surface area contributed by atoms with Crippen molar-refractivity contribution in [1.29, 1.82) is 0 Å². The first kappa shape index (κ1) is 28.1. The van der Waals surface area contributed by atoms with E-state index in [0.29, 0.717) is 19.4 Å². The third-order valence-corrected chi connectivity index (χ3v) is 4.62. The fourth-order valence-electron chi connectivity index (χ4n) is 2.55. The van der Waals surface area contributed by atoms with Crippen LogP contribution in [0.15, 0.2) is 0 Å². The number of hydrogen-bond donors (Lipinski definition) is 8. The highest BCUT2D eigenvalue weighted by atomic mass is 32.1. The molecule has 4 unspecified atom stereocenters. The van der Waals surface area contributed by atoms with Gasteiger partial charge < -0.3 is 37.6 Å².